The molecule has 0 amide bonds. The van der Waals surface area contributed by atoms with Crippen LogP contribution in [0.1, 0.15) is 31.4 Å². The standard InChI is InChI=1S/C11H14BrF2N3/c1-7-10(15-6-9(12)16-7)17-8-2-4-11(13,14)5-3-8/h6,8H,2-5H2,1H3,(H,15,17). The van der Waals surface area contributed by atoms with Crippen LogP contribution in [0.5, 0.6) is 0 Å². The second-order valence-corrected chi connectivity index (χ2v) is 5.21. The molecule has 1 heterocycles. The van der Waals surface area contributed by atoms with Crippen molar-refractivity contribution in [2.24, 2.45) is 0 Å². The maximum atomic E-state index is 13.0. The fraction of sp³-hybridized carbons (Fsp3) is 0.636. The Balaban J connectivity index is 1.98. The molecule has 0 radical (unpaired) electrons. The van der Waals surface area contributed by atoms with E-state index >= 15 is 0 Å². The molecule has 3 nitrogen and oxygen atoms in total. The van der Waals surface area contributed by atoms with E-state index in [4.69, 9.17) is 0 Å². The summed E-state index contributed by atoms with van der Waals surface area (Å²) in [7, 11) is 0. The largest absolute Gasteiger partial charge is 0.366 e. The van der Waals surface area contributed by atoms with Gasteiger partial charge in [-0.2, -0.15) is 0 Å². The molecule has 1 aromatic rings. The summed E-state index contributed by atoms with van der Waals surface area (Å²) in [5, 5.41) is 3.19. The van der Waals surface area contributed by atoms with Crippen LogP contribution in [0.3, 0.4) is 0 Å². The predicted octanol–water partition coefficient (Wildman–Crippen LogP) is 3.54. The molecule has 0 atom stereocenters. The minimum atomic E-state index is -2.49. The van der Waals surface area contributed by atoms with Crippen molar-refractivity contribution in [2.45, 2.75) is 44.6 Å². The Morgan fingerprint density at radius 3 is 2.65 bits per heavy atom. The minimum Gasteiger partial charge on any atom is -0.366 e. The average molecular weight is 306 g/mol. The molecule has 0 bridgehead atoms. The van der Waals surface area contributed by atoms with Gasteiger partial charge >= 0.3 is 0 Å². The zero-order chi connectivity index (χ0) is 12.5. The summed E-state index contributed by atoms with van der Waals surface area (Å²) in [5.74, 6) is -1.80. The van der Waals surface area contributed by atoms with Gasteiger partial charge in [-0.25, -0.2) is 18.7 Å². The molecule has 0 spiro atoms. The number of aryl methyl sites for hydroxylation is 1. The van der Waals surface area contributed by atoms with E-state index < -0.39 is 5.92 Å². The van der Waals surface area contributed by atoms with E-state index in [0.717, 1.165) is 5.69 Å². The highest BCUT2D eigenvalue weighted by molar-refractivity contribution is 9.10. The van der Waals surface area contributed by atoms with Gasteiger partial charge in [0.2, 0.25) is 5.92 Å². The van der Waals surface area contributed by atoms with E-state index in [1.54, 1.807) is 6.20 Å². The number of anilines is 1. The molecule has 1 N–H and O–H groups in total. The lowest BCUT2D eigenvalue weighted by Gasteiger charge is -2.29. The molecule has 2 rings (SSSR count). The fourth-order valence-corrected chi connectivity index (χ4v) is 2.34. The fourth-order valence-electron chi connectivity index (χ4n) is 1.97. The highest BCUT2D eigenvalue weighted by Gasteiger charge is 2.35. The zero-order valence-corrected chi connectivity index (χ0v) is 11.1. The lowest BCUT2D eigenvalue weighted by atomic mass is 9.92. The molecule has 0 saturated heterocycles. The van der Waals surface area contributed by atoms with Crippen molar-refractivity contribution in [1.82, 2.24) is 9.97 Å². The Hall–Kier alpha value is -0.780. The van der Waals surface area contributed by atoms with E-state index in [1.165, 1.54) is 0 Å². The van der Waals surface area contributed by atoms with Gasteiger partial charge in [0.15, 0.2) is 0 Å². The smallest absolute Gasteiger partial charge is 0.248 e. The third-order valence-corrected chi connectivity index (χ3v) is 3.36. The molecule has 1 saturated carbocycles. The van der Waals surface area contributed by atoms with Crippen molar-refractivity contribution < 1.29 is 8.78 Å². The molecule has 0 aliphatic heterocycles. The van der Waals surface area contributed by atoms with Gasteiger partial charge in [-0.3, -0.25) is 0 Å². The van der Waals surface area contributed by atoms with E-state index in [2.05, 4.69) is 31.2 Å². The summed E-state index contributed by atoms with van der Waals surface area (Å²) in [5.41, 5.74) is 0.775. The maximum absolute atomic E-state index is 13.0. The lowest BCUT2D eigenvalue weighted by Crippen LogP contribution is -2.32. The zero-order valence-electron chi connectivity index (χ0n) is 9.51. The van der Waals surface area contributed by atoms with Gasteiger partial charge in [0.25, 0.3) is 0 Å². The van der Waals surface area contributed by atoms with E-state index in [0.29, 0.717) is 23.3 Å². The molecular weight excluding hydrogens is 292 g/mol. The first-order valence-electron chi connectivity index (χ1n) is 5.60. The van der Waals surface area contributed by atoms with Gasteiger partial charge < -0.3 is 5.32 Å². The van der Waals surface area contributed by atoms with Crippen LogP contribution in [0.25, 0.3) is 0 Å². The molecule has 17 heavy (non-hydrogen) atoms. The first-order valence-corrected chi connectivity index (χ1v) is 6.39. The Labute approximate surface area is 107 Å². The monoisotopic (exact) mass is 305 g/mol. The Morgan fingerprint density at radius 1 is 1.41 bits per heavy atom. The van der Waals surface area contributed by atoms with Crippen molar-refractivity contribution in [3.8, 4) is 0 Å². The third kappa shape index (κ3) is 3.34. The molecule has 1 fully saturated rings. The summed E-state index contributed by atoms with van der Waals surface area (Å²) in [6.07, 6.45) is 2.46. The van der Waals surface area contributed by atoms with Crippen LogP contribution in [-0.4, -0.2) is 21.9 Å². The van der Waals surface area contributed by atoms with Gasteiger partial charge in [0.1, 0.15) is 10.4 Å². The number of nitrogens with zero attached hydrogens (tertiary/aromatic N) is 2. The highest BCUT2D eigenvalue weighted by atomic mass is 79.9. The second kappa shape index (κ2) is 4.84. The van der Waals surface area contributed by atoms with Crippen LogP contribution in [0.2, 0.25) is 0 Å². The van der Waals surface area contributed by atoms with Gasteiger partial charge in [-0.05, 0) is 35.7 Å². The van der Waals surface area contributed by atoms with Crippen LogP contribution in [0.4, 0.5) is 14.6 Å². The summed E-state index contributed by atoms with van der Waals surface area (Å²) in [6, 6.07) is 0.0730. The summed E-state index contributed by atoms with van der Waals surface area (Å²) >= 11 is 3.24. The average Bonchev–Trinajstić information content (AvgIpc) is 2.25. The Bertz CT molecular complexity index is 402. The van der Waals surface area contributed by atoms with E-state index in [1.807, 2.05) is 6.92 Å². The molecule has 1 aliphatic rings. The molecule has 6 heteroatoms. The van der Waals surface area contributed by atoms with Crippen LogP contribution in [-0.2, 0) is 0 Å². The number of aromatic nitrogens is 2. The number of halogens is 3. The first-order chi connectivity index (χ1) is 7.96. The third-order valence-electron chi connectivity index (χ3n) is 2.98. The topological polar surface area (TPSA) is 37.8 Å². The molecule has 1 aromatic heterocycles. The molecule has 0 unspecified atom stereocenters. The van der Waals surface area contributed by atoms with Crippen molar-refractivity contribution in [3.63, 3.8) is 0 Å². The Kier molecular flexibility index (Phi) is 3.61. The number of alkyl halides is 2. The van der Waals surface area contributed by atoms with Gasteiger partial charge in [0, 0.05) is 18.9 Å². The van der Waals surface area contributed by atoms with Gasteiger partial charge in [-0.15, -0.1) is 0 Å². The second-order valence-electron chi connectivity index (χ2n) is 4.40. The lowest BCUT2D eigenvalue weighted by molar-refractivity contribution is -0.0361. The van der Waals surface area contributed by atoms with Gasteiger partial charge in [0.05, 0.1) is 11.9 Å². The normalized spacial score (nSPS) is 20.2. The molecular formula is C11H14BrF2N3. The van der Waals surface area contributed by atoms with Crippen LogP contribution in [0, 0.1) is 6.92 Å². The first kappa shape index (κ1) is 12.7. The van der Waals surface area contributed by atoms with Crippen molar-refractivity contribution in [3.05, 3.63) is 16.5 Å². The van der Waals surface area contributed by atoms with E-state index in [9.17, 15) is 8.78 Å². The molecule has 1 aliphatic carbocycles. The maximum Gasteiger partial charge on any atom is 0.248 e. The summed E-state index contributed by atoms with van der Waals surface area (Å²) in [6.45, 7) is 1.84. The van der Waals surface area contributed by atoms with Gasteiger partial charge in [-0.1, -0.05) is 0 Å². The number of nitrogens with one attached hydrogen (secondary N) is 1. The Morgan fingerprint density at radius 2 is 2.06 bits per heavy atom. The highest BCUT2D eigenvalue weighted by Crippen LogP contribution is 2.34. The van der Waals surface area contributed by atoms with E-state index in [-0.39, 0.29) is 18.9 Å². The molecule has 0 aromatic carbocycles. The van der Waals surface area contributed by atoms with Crippen molar-refractivity contribution >= 4 is 21.7 Å². The van der Waals surface area contributed by atoms with Crippen LogP contribution in [0.15, 0.2) is 10.8 Å². The van der Waals surface area contributed by atoms with Crippen LogP contribution >= 0.6 is 15.9 Å². The van der Waals surface area contributed by atoms with Crippen molar-refractivity contribution in [2.75, 3.05) is 5.32 Å². The quantitative estimate of drug-likeness (QED) is 0.908. The number of rotatable bonds is 2. The van der Waals surface area contributed by atoms with Crippen LogP contribution < -0.4 is 5.32 Å². The number of hydrogen-bond donors (Lipinski definition) is 1. The van der Waals surface area contributed by atoms with Crippen molar-refractivity contribution in [1.29, 1.82) is 0 Å². The summed E-state index contributed by atoms with van der Waals surface area (Å²) in [4.78, 5) is 8.41. The predicted molar refractivity (Wildman–Crippen MR) is 65.3 cm³/mol. The summed E-state index contributed by atoms with van der Waals surface area (Å²) < 4.78 is 26.7. The SMILES string of the molecule is Cc1nc(Br)cnc1NC1CCC(F)(F)CC1. The minimum absolute atomic E-state index is 0.0479. The molecule has 94 valence electrons. The number of hydrogen-bond acceptors (Lipinski definition) is 3.